The van der Waals surface area contributed by atoms with Crippen LogP contribution in [0, 0.1) is 5.82 Å². The van der Waals surface area contributed by atoms with Crippen LogP contribution in [0.4, 0.5) is 4.39 Å². The molecule has 1 fully saturated rings. The molecule has 136 valence electrons. The number of carbonyl (C=O) groups excluding carboxylic acids is 1. The summed E-state index contributed by atoms with van der Waals surface area (Å²) in [5, 5.41) is 4.26. The highest BCUT2D eigenvalue weighted by Gasteiger charge is 2.25. The van der Waals surface area contributed by atoms with Crippen LogP contribution in [0.3, 0.4) is 0 Å². The molecule has 0 aromatic heterocycles. The molecule has 2 aromatic carbocycles. The van der Waals surface area contributed by atoms with Crippen LogP contribution < -0.4 is 5.43 Å². The maximum Gasteiger partial charge on any atom is 0.274 e. The maximum atomic E-state index is 13.7. The zero-order chi connectivity index (χ0) is 18.4. The Morgan fingerprint density at radius 1 is 1.12 bits per heavy atom. The normalized spacial score (nSPS) is 16.9. The Balaban J connectivity index is 1.80. The lowest BCUT2D eigenvalue weighted by molar-refractivity contribution is 0.0285. The van der Waals surface area contributed by atoms with E-state index in [0.29, 0.717) is 13.2 Å². The molecule has 0 bridgehead atoms. The number of carbonyl (C=O) groups is 1. The van der Waals surface area contributed by atoms with E-state index in [0.717, 1.165) is 24.4 Å². The first kappa shape index (κ1) is 18.2. The Hall–Kier alpha value is -2.57. The van der Waals surface area contributed by atoms with Gasteiger partial charge in [-0.15, -0.1) is 0 Å². The largest absolute Gasteiger partial charge is 0.379 e. The van der Waals surface area contributed by atoms with Crippen LogP contribution in [0.5, 0.6) is 0 Å². The molecule has 0 saturated carbocycles. The number of halogens is 1. The second kappa shape index (κ2) is 8.69. The summed E-state index contributed by atoms with van der Waals surface area (Å²) in [6.45, 7) is 4.77. The first-order valence-electron chi connectivity index (χ1n) is 8.62. The van der Waals surface area contributed by atoms with Crippen molar-refractivity contribution in [1.82, 2.24) is 10.3 Å². The highest BCUT2D eigenvalue weighted by Crippen LogP contribution is 2.23. The third kappa shape index (κ3) is 4.33. The molecular weight excluding hydrogens is 333 g/mol. The molecule has 2 aromatic rings. The van der Waals surface area contributed by atoms with E-state index in [9.17, 15) is 9.18 Å². The van der Waals surface area contributed by atoms with Crippen molar-refractivity contribution in [3.8, 4) is 0 Å². The summed E-state index contributed by atoms with van der Waals surface area (Å²) >= 11 is 0. The van der Waals surface area contributed by atoms with Crippen LogP contribution in [0.1, 0.15) is 28.9 Å². The molecule has 1 saturated heterocycles. The average molecular weight is 355 g/mol. The molecule has 6 heteroatoms. The van der Waals surface area contributed by atoms with Crippen molar-refractivity contribution >= 4 is 11.6 Å². The van der Waals surface area contributed by atoms with Crippen molar-refractivity contribution in [2.24, 2.45) is 5.10 Å². The summed E-state index contributed by atoms with van der Waals surface area (Å²) in [5.74, 6) is -1.12. The number of nitrogens with zero attached hydrogens (tertiary/aromatic N) is 2. The monoisotopic (exact) mass is 355 g/mol. The number of morpholine rings is 1. The second-order valence-electron chi connectivity index (χ2n) is 6.14. The van der Waals surface area contributed by atoms with Gasteiger partial charge in [-0.05, 0) is 24.6 Å². The van der Waals surface area contributed by atoms with Gasteiger partial charge >= 0.3 is 0 Å². The molecule has 0 spiro atoms. The minimum Gasteiger partial charge on any atom is -0.379 e. The number of hydrogen-bond acceptors (Lipinski definition) is 4. The summed E-state index contributed by atoms with van der Waals surface area (Å²) in [5.41, 5.74) is 4.29. The zero-order valence-corrected chi connectivity index (χ0v) is 14.7. The van der Waals surface area contributed by atoms with Crippen LogP contribution in [-0.2, 0) is 4.74 Å². The lowest BCUT2D eigenvalue weighted by atomic mass is 10.0. The summed E-state index contributed by atoms with van der Waals surface area (Å²) in [6.07, 6.45) is 0. The maximum absolute atomic E-state index is 13.7. The standard InChI is InChI=1S/C20H22FN3O2/c1-15(22-23-20(25)17-9-5-6-10-18(17)21)19(16-7-3-2-4-8-16)24-11-13-26-14-12-24/h2-10,19H,11-14H2,1H3,(H,23,25)/b22-15-/t19-/m0/s1. The Bertz CT molecular complexity index is 774. The highest BCUT2D eigenvalue weighted by atomic mass is 19.1. The molecule has 0 aliphatic carbocycles. The number of nitrogens with one attached hydrogen (secondary N) is 1. The fourth-order valence-electron chi connectivity index (χ4n) is 3.09. The van der Waals surface area contributed by atoms with Gasteiger partial charge in [-0.25, -0.2) is 9.82 Å². The molecule has 26 heavy (non-hydrogen) atoms. The molecule has 1 aliphatic heterocycles. The molecule has 3 rings (SSSR count). The topological polar surface area (TPSA) is 53.9 Å². The van der Waals surface area contributed by atoms with Gasteiger partial charge < -0.3 is 4.74 Å². The fraction of sp³-hybridized carbons (Fsp3) is 0.300. The number of amides is 1. The third-order valence-corrected chi connectivity index (χ3v) is 4.37. The molecule has 0 unspecified atom stereocenters. The van der Waals surface area contributed by atoms with Gasteiger partial charge in [0, 0.05) is 13.1 Å². The molecular formula is C20H22FN3O2. The molecule has 1 heterocycles. The minimum absolute atomic E-state index is 0.0216. The van der Waals surface area contributed by atoms with E-state index in [1.807, 2.05) is 37.3 Å². The van der Waals surface area contributed by atoms with Gasteiger partial charge in [-0.2, -0.15) is 5.10 Å². The number of hydrogen-bond donors (Lipinski definition) is 1. The molecule has 1 N–H and O–H groups in total. The summed E-state index contributed by atoms with van der Waals surface area (Å²) in [4.78, 5) is 14.5. The predicted molar refractivity (Wildman–Crippen MR) is 98.6 cm³/mol. The van der Waals surface area contributed by atoms with Crippen molar-refractivity contribution in [3.63, 3.8) is 0 Å². The molecule has 0 radical (unpaired) electrons. The smallest absolute Gasteiger partial charge is 0.274 e. The van der Waals surface area contributed by atoms with E-state index in [1.54, 1.807) is 12.1 Å². The molecule has 1 atom stereocenters. The Labute approximate surface area is 152 Å². The van der Waals surface area contributed by atoms with E-state index in [4.69, 9.17) is 4.74 Å². The number of hydrazone groups is 1. The Morgan fingerprint density at radius 2 is 1.77 bits per heavy atom. The number of benzene rings is 2. The van der Waals surface area contributed by atoms with Gasteiger partial charge in [-0.1, -0.05) is 42.5 Å². The van der Waals surface area contributed by atoms with Gasteiger partial charge in [0.05, 0.1) is 30.5 Å². The first-order valence-corrected chi connectivity index (χ1v) is 8.62. The van der Waals surface area contributed by atoms with Crippen LogP contribution >= 0.6 is 0 Å². The fourth-order valence-corrected chi connectivity index (χ4v) is 3.09. The SMILES string of the molecule is C/C(=N/NC(=O)c1ccccc1F)[C@@H](c1ccccc1)N1CCOCC1. The van der Waals surface area contributed by atoms with Crippen molar-refractivity contribution < 1.29 is 13.9 Å². The van der Waals surface area contributed by atoms with E-state index in [-0.39, 0.29) is 11.6 Å². The van der Waals surface area contributed by atoms with E-state index >= 15 is 0 Å². The van der Waals surface area contributed by atoms with Crippen LogP contribution in [0.15, 0.2) is 59.7 Å². The first-order chi connectivity index (χ1) is 12.7. The lowest BCUT2D eigenvalue weighted by Crippen LogP contribution is -2.42. The van der Waals surface area contributed by atoms with Gasteiger partial charge in [0.2, 0.25) is 0 Å². The zero-order valence-electron chi connectivity index (χ0n) is 14.7. The Morgan fingerprint density at radius 3 is 2.46 bits per heavy atom. The molecule has 1 aliphatic rings. The van der Waals surface area contributed by atoms with Crippen molar-refractivity contribution in [1.29, 1.82) is 0 Å². The second-order valence-corrected chi connectivity index (χ2v) is 6.14. The average Bonchev–Trinajstić information content (AvgIpc) is 2.68. The van der Waals surface area contributed by atoms with E-state index in [2.05, 4.69) is 15.4 Å². The number of ether oxygens (including phenoxy) is 1. The highest BCUT2D eigenvalue weighted by molar-refractivity contribution is 5.96. The molecule has 5 nitrogen and oxygen atoms in total. The summed E-state index contributed by atoms with van der Waals surface area (Å²) in [7, 11) is 0. The summed E-state index contributed by atoms with van der Waals surface area (Å²) in [6, 6.07) is 15.8. The van der Waals surface area contributed by atoms with E-state index < -0.39 is 11.7 Å². The van der Waals surface area contributed by atoms with E-state index in [1.165, 1.54) is 12.1 Å². The van der Waals surface area contributed by atoms with Gasteiger partial charge in [0.15, 0.2) is 0 Å². The predicted octanol–water partition coefficient (Wildman–Crippen LogP) is 3.00. The minimum atomic E-state index is -0.564. The van der Waals surface area contributed by atoms with Crippen molar-refractivity contribution in [2.45, 2.75) is 13.0 Å². The van der Waals surface area contributed by atoms with Gasteiger partial charge in [0.1, 0.15) is 5.82 Å². The van der Waals surface area contributed by atoms with Crippen molar-refractivity contribution in [2.75, 3.05) is 26.3 Å². The van der Waals surface area contributed by atoms with Crippen LogP contribution in [-0.4, -0.2) is 42.8 Å². The number of rotatable bonds is 5. The Kier molecular flexibility index (Phi) is 6.09. The van der Waals surface area contributed by atoms with Crippen LogP contribution in [0.2, 0.25) is 0 Å². The summed E-state index contributed by atoms with van der Waals surface area (Å²) < 4.78 is 19.2. The van der Waals surface area contributed by atoms with Gasteiger partial charge in [0.25, 0.3) is 5.91 Å². The molecule has 1 amide bonds. The quantitative estimate of drug-likeness (QED) is 0.663. The third-order valence-electron chi connectivity index (χ3n) is 4.37. The lowest BCUT2D eigenvalue weighted by Gasteiger charge is -2.34. The van der Waals surface area contributed by atoms with Crippen molar-refractivity contribution in [3.05, 3.63) is 71.5 Å². The van der Waals surface area contributed by atoms with Crippen LogP contribution in [0.25, 0.3) is 0 Å². The van der Waals surface area contributed by atoms with Gasteiger partial charge in [-0.3, -0.25) is 9.69 Å².